The average Bonchev–Trinajstić information content (AvgIpc) is 2.24. The van der Waals surface area contributed by atoms with Gasteiger partial charge in [-0.15, -0.1) is 0 Å². The van der Waals surface area contributed by atoms with Crippen molar-refractivity contribution >= 4 is 30.6 Å². The van der Waals surface area contributed by atoms with Crippen LogP contribution in [-0.2, 0) is 11.3 Å². The zero-order valence-corrected chi connectivity index (χ0v) is 11.3. The number of hydrogen-bond donors (Lipinski definition) is 2. The molecule has 2 N–H and O–H groups in total. The van der Waals surface area contributed by atoms with Crippen LogP contribution in [0.25, 0.3) is 0 Å². The maximum Gasteiger partial charge on any atom is 0.407 e. The highest BCUT2D eigenvalue weighted by Gasteiger charge is 2.16. The predicted octanol–water partition coefficient (Wildman–Crippen LogP) is 0.996. The summed E-state index contributed by atoms with van der Waals surface area (Å²) < 4.78 is 5.09. The molecule has 0 unspecified atom stereocenters. The third-order valence-electron chi connectivity index (χ3n) is 1.95. The van der Waals surface area contributed by atoms with Crippen molar-refractivity contribution in [2.45, 2.75) is 32.9 Å². The van der Waals surface area contributed by atoms with E-state index in [9.17, 15) is 4.79 Å². The van der Waals surface area contributed by atoms with Crippen LogP contribution < -0.4 is 10.8 Å². The Kier molecular flexibility index (Phi) is 4.98. The monoisotopic (exact) mass is 269 g/mol. The molecule has 0 atom stereocenters. The van der Waals surface area contributed by atoms with Crippen molar-refractivity contribution in [1.82, 2.24) is 10.3 Å². The summed E-state index contributed by atoms with van der Waals surface area (Å²) in [5.74, 6) is 0. The number of nitrogens with one attached hydrogen (secondary N) is 1. The molecule has 0 saturated heterocycles. The van der Waals surface area contributed by atoms with Crippen LogP contribution in [0.4, 0.5) is 4.79 Å². The second-order valence-electron chi connectivity index (χ2n) is 4.69. The molecule has 5 nitrogen and oxygen atoms in total. The number of halogens is 1. The second-order valence-corrected chi connectivity index (χ2v) is 5.08. The lowest BCUT2D eigenvalue weighted by molar-refractivity contribution is 0.0523. The Hall–Kier alpha value is -1.27. The van der Waals surface area contributed by atoms with Crippen LogP contribution in [-0.4, -0.2) is 29.2 Å². The normalized spacial score (nSPS) is 10.9. The van der Waals surface area contributed by atoms with E-state index in [0.29, 0.717) is 11.0 Å². The Morgan fingerprint density at radius 1 is 1.61 bits per heavy atom. The summed E-state index contributed by atoms with van der Waals surface area (Å²) >= 11 is 5.69. The van der Waals surface area contributed by atoms with Crippen LogP contribution in [0, 0.1) is 0 Å². The van der Waals surface area contributed by atoms with Gasteiger partial charge in [0.15, 0.2) is 0 Å². The first-order valence-corrected chi connectivity index (χ1v) is 5.78. The number of amides is 1. The summed E-state index contributed by atoms with van der Waals surface area (Å²) in [6.07, 6.45) is 0.961. The molecule has 97 valence electrons. The zero-order valence-electron chi connectivity index (χ0n) is 10.5. The Morgan fingerprint density at radius 2 is 2.28 bits per heavy atom. The fourth-order valence-electron chi connectivity index (χ4n) is 1.22. The lowest BCUT2D eigenvalue weighted by Gasteiger charge is -2.19. The lowest BCUT2D eigenvalue weighted by atomic mass is 9.85. The van der Waals surface area contributed by atoms with Gasteiger partial charge in [0, 0.05) is 12.7 Å². The molecule has 0 aliphatic heterocycles. The average molecular weight is 270 g/mol. The molecule has 0 spiro atoms. The quantitative estimate of drug-likeness (QED) is 0.634. The highest BCUT2D eigenvalue weighted by Crippen LogP contribution is 2.07. The van der Waals surface area contributed by atoms with Gasteiger partial charge in [-0.05, 0) is 37.9 Å². The molecular weight excluding hydrogens is 254 g/mol. The van der Waals surface area contributed by atoms with Crippen LogP contribution in [0.3, 0.4) is 0 Å². The number of aromatic nitrogens is 1. The van der Waals surface area contributed by atoms with Gasteiger partial charge in [-0.25, -0.2) is 9.78 Å². The summed E-state index contributed by atoms with van der Waals surface area (Å²) in [5.41, 5.74) is 0.604. The minimum absolute atomic E-state index is 0.200. The summed E-state index contributed by atoms with van der Waals surface area (Å²) in [5, 5.41) is 11.9. The molecule has 0 aliphatic carbocycles. The van der Waals surface area contributed by atoms with Gasteiger partial charge in [0.05, 0.1) is 0 Å². The first-order valence-electron chi connectivity index (χ1n) is 5.40. The summed E-state index contributed by atoms with van der Waals surface area (Å²) in [7, 11) is 0.916. The van der Waals surface area contributed by atoms with Crippen molar-refractivity contribution in [3.8, 4) is 0 Å². The molecule has 18 heavy (non-hydrogen) atoms. The number of pyridine rings is 1. The van der Waals surface area contributed by atoms with E-state index < -0.39 is 11.7 Å². The molecule has 0 saturated carbocycles. The number of carbonyl (C=O) groups excluding carboxylic acids is 1. The first-order chi connectivity index (χ1) is 8.31. The van der Waals surface area contributed by atoms with E-state index in [4.69, 9.17) is 21.4 Å². The van der Waals surface area contributed by atoms with Gasteiger partial charge in [0.25, 0.3) is 0 Å². The highest BCUT2D eigenvalue weighted by molar-refractivity contribution is 6.47. The minimum Gasteiger partial charge on any atom is -0.450 e. The van der Waals surface area contributed by atoms with Gasteiger partial charge >= 0.3 is 13.6 Å². The maximum atomic E-state index is 11.4. The van der Waals surface area contributed by atoms with Gasteiger partial charge < -0.3 is 15.1 Å². The molecule has 0 aromatic carbocycles. The summed E-state index contributed by atoms with van der Waals surface area (Å²) in [6.45, 7) is 5.54. The van der Waals surface area contributed by atoms with Crippen molar-refractivity contribution < 1.29 is 14.6 Å². The molecule has 0 bridgehead atoms. The predicted molar refractivity (Wildman–Crippen MR) is 69.9 cm³/mol. The topological polar surface area (TPSA) is 71.5 Å². The molecule has 7 heteroatoms. The Bertz CT molecular complexity index is 435. The molecule has 1 radical (unpaired) electrons. The van der Waals surface area contributed by atoms with E-state index in [2.05, 4.69) is 10.3 Å². The summed E-state index contributed by atoms with van der Waals surface area (Å²) in [6, 6.07) is 1.51. The molecule has 1 amide bonds. The number of alkyl carbamates (subject to hydrolysis) is 1. The smallest absolute Gasteiger partial charge is 0.407 e. The largest absolute Gasteiger partial charge is 0.450 e. The SMILES string of the molecule is CC(C)(C)OC(=O)NCc1cnc(Cl)cc1[B]O. The number of rotatable bonds is 3. The number of nitrogens with zero attached hydrogens (tertiary/aromatic N) is 1. The van der Waals surface area contributed by atoms with Crippen molar-refractivity contribution in [2.24, 2.45) is 0 Å². The molecule has 0 aliphatic rings. The fourth-order valence-corrected chi connectivity index (χ4v) is 1.39. The van der Waals surface area contributed by atoms with Crippen LogP contribution in [0.1, 0.15) is 26.3 Å². The van der Waals surface area contributed by atoms with Gasteiger partial charge in [-0.3, -0.25) is 0 Å². The third-order valence-corrected chi connectivity index (χ3v) is 2.16. The van der Waals surface area contributed by atoms with Crippen LogP contribution in [0.5, 0.6) is 0 Å². The van der Waals surface area contributed by atoms with Gasteiger partial charge in [-0.1, -0.05) is 11.6 Å². The minimum atomic E-state index is -0.547. The maximum absolute atomic E-state index is 11.4. The van der Waals surface area contributed by atoms with Gasteiger partial charge in [0.1, 0.15) is 10.8 Å². The van der Waals surface area contributed by atoms with Crippen LogP contribution >= 0.6 is 11.6 Å². The van der Waals surface area contributed by atoms with E-state index in [-0.39, 0.29) is 11.7 Å². The molecule has 0 fully saturated rings. The van der Waals surface area contributed by atoms with Crippen LogP contribution in [0.2, 0.25) is 5.15 Å². The Morgan fingerprint density at radius 3 is 2.83 bits per heavy atom. The highest BCUT2D eigenvalue weighted by atomic mass is 35.5. The second kappa shape index (κ2) is 6.06. The third kappa shape index (κ3) is 4.93. The van der Waals surface area contributed by atoms with Crippen molar-refractivity contribution in [3.05, 3.63) is 23.0 Å². The van der Waals surface area contributed by atoms with E-state index in [1.54, 1.807) is 20.8 Å². The number of hydrogen-bond acceptors (Lipinski definition) is 4. The van der Waals surface area contributed by atoms with Gasteiger partial charge in [-0.2, -0.15) is 0 Å². The number of ether oxygens (including phenoxy) is 1. The molecule has 1 aromatic rings. The molecule has 1 aromatic heterocycles. The summed E-state index contributed by atoms with van der Waals surface area (Å²) in [4.78, 5) is 15.3. The fraction of sp³-hybridized carbons (Fsp3) is 0.455. The van der Waals surface area contributed by atoms with Crippen LogP contribution in [0.15, 0.2) is 12.3 Å². The molecular formula is C11H15BClN2O3. The number of carbonyl (C=O) groups is 1. The standard InChI is InChI=1S/C11H15BClN2O3/c1-11(2,3)18-10(16)15-6-7-5-14-9(13)4-8(7)12-17/h4-5,17H,6H2,1-3H3,(H,15,16). The van der Waals surface area contributed by atoms with E-state index in [0.717, 1.165) is 7.48 Å². The van der Waals surface area contributed by atoms with E-state index in [1.807, 2.05) is 0 Å². The van der Waals surface area contributed by atoms with Crippen molar-refractivity contribution in [1.29, 1.82) is 0 Å². The Balaban J connectivity index is 2.61. The van der Waals surface area contributed by atoms with Gasteiger partial charge in [0.2, 0.25) is 0 Å². The molecule has 1 rings (SSSR count). The van der Waals surface area contributed by atoms with E-state index in [1.165, 1.54) is 12.3 Å². The lowest BCUT2D eigenvalue weighted by Crippen LogP contribution is -2.34. The Labute approximate surface area is 112 Å². The zero-order chi connectivity index (χ0) is 13.8. The van der Waals surface area contributed by atoms with E-state index >= 15 is 0 Å². The molecule has 1 heterocycles. The first kappa shape index (κ1) is 14.8. The van der Waals surface area contributed by atoms with Crippen molar-refractivity contribution in [3.63, 3.8) is 0 Å². The van der Waals surface area contributed by atoms with Crippen molar-refractivity contribution in [2.75, 3.05) is 0 Å².